The summed E-state index contributed by atoms with van der Waals surface area (Å²) in [5.74, 6) is 0. The molecule has 1 unspecified atom stereocenters. The van der Waals surface area contributed by atoms with Crippen molar-refractivity contribution in [1.29, 1.82) is 0 Å². The summed E-state index contributed by atoms with van der Waals surface area (Å²) in [4.78, 5) is 20.7. The van der Waals surface area contributed by atoms with Gasteiger partial charge in [0, 0.05) is 15.3 Å². The molecule has 1 atom stereocenters. The number of hydrogen-bond acceptors (Lipinski definition) is 3. The predicted octanol–water partition coefficient (Wildman–Crippen LogP) is 4.92. The molecule has 0 spiro atoms. The van der Waals surface area contributed by atoms with Crippen molar-refractivity contribution in [3.8, 4) is 0 Å². The highest BCUT2D eigenvalue weighted by molar-refractivity contribution is 7.51. The average Bonchev–Trinajstić information content (AvgIpc) is 3.07. The van der Waals surface area contributed by atoms with E-state index < -0.39 is 13.1 Å². The van der Waals surface area contributed by atoms with Crippen LogP contribution in [-0.4, -0.2) is 21.5 Å². The lowest BCUT2D eigenvalue weighted by Gasteiger charge is -2.24. The van der Waals surface area contributed by atoms with Crippen LogP contribution in [0.2, 0.25) is 0 Å². The minimum atomic E-state index is -3.97. The molecule has 4 nitrogen and oxygen atoms in total. The summed E-state index contributed by atoms with van der Waals surface area (Å²) in [6.07, 6.45) is 7.77. The van der Waals surface area contributed by atoms with Crippen molar-refractivity contribution in [3.63, 3.8) is 0 Å². The van der Waals surface area contributed by atoms with Crippen molar-refractivity contribution < 1.29 is 14.4 Å². The Labute approximate surface area is 167 Å². The quantitative estimate of drug-likeness (QED) is 0.343. The third-order valence-corrected chi connectivity index (χ3v) is 6.88. The van der Waals surface area contributed by atoms with E-state index in [9.17, 15) is 4.57 Å². The smallest absolute Gasteiger partial charge is 0.325 e. The topological polar surface area (TPSA) is 83.6 Å². The van der Waals surface area contributed by atoms with Crippen LogP contribution in [0.3, 0.4) is 0 Å². The van der Waals surface area contributed by atoms with E-state index in [-0.39, 0.29) is 6.16 Å². The van der Waals surface area contributed by atoms with Gasteiger partial charge in [-0.1, -0.05) is 36.8 Å². The molecule has 0 fully saturated rings. The maximum Gasteiger partial charge on any atom is 0.325 e. The minimum Gasteiger partial charge on any atom is -0.325 e. The van der Waals surface area contributed by atoms with E-state index in [1.54, 1.807) is 0 Å². The Hall–Kier alpha value is -0.970. The van der Waals surface area contributed by atoms with E-state index in [0.29, 0.717) is 6.42 Å². The largest absolute Gasteiger partial charge is 0.325 e. The molecule has 27 heavy (non-hydrogen) atoms. The summed E-state index contributed by atoms with van der Waals surface area (Å²) in [5.41, 5.74) is 7.08. The average molecular weight is 410 g/mol. The Bertz CT molecular complexity index is 724. The van der Waals surface area contributed by atoms with E-state index in [0.717, 1.165) is 25.7 Å². The van der Waals surface area contributed by atoms with Crippen LogP contribution in [0.4, 0.5) is 0 Å². The molecule has 0 aliphatic heterocycles. The summed E-state index contributed by atoms with van der Waals surface area (Å²) < 4.78 is 11.0. The van der Waals surface area contributed by atoms with E-state index in [1.807, 2.05) is 18.3 Å². The molecular weight excluding hydrogens is 377 g/mol. The van der Waals surface area contributed by atoms with Gasteiger partial charge in [-0.3, -0.25) is 4.57 Å². The molecule has 0 amide bonds. The number of unbranched alkanes of at least 4 members (excludes halogenated alkanes) is 2. The maximum absolute atomic E-state index is 11.0. The van der Waals surface area contributed by atoms with Gasteiger partial charge in [0.05, 0.1) is 6.16 Å². The molecule has 1 aromatic carbocycles. The molecule has 2 rings (SSSR count). The fourth-order valence-electron chi connectivity index (χ4n) is 3.08. The van der Waals surface area contributed by atoms with E-state index in [4.69, 9.17) is 15.5 Å². The van der Waals surface area contributed by atoms with Crippen molar-refractivity contribution in [3.05, 3.63) is 57.8 Å². The highest BCUT2D eigenvalue weighted by atomic mass is 32.1. The first-order valence-corrected chi connectivity index (χ1v) is 12.3. The monoisotopic (exact) mass is 409 g/mol. The van der Waals surface area contributed by atoms with Gasteiger partial charge < -0.3 is 15.5 Å². The summed E-state index contributed by atoms with van der Waals surface area (Å²) in [7, 11) is -3.97. The second-order valence-corrected chi connectivity index (χ2v) is 10.7. The molecule has 0 saturated heterocycles. The molecule has 1 aromatic heterocycles. The van der Waals surface area contributed by atoms with E-state index >= 15 is 0 Å². The minimum absolute atomic E-state index is 0.140. The van der Waals surface area contributed by atoms with Gasteiger partial charge in [-0.25, -0.2) is 0 Å². The molecular formula is C21H32NO3PS. The molecule has 2 aromatic rings. The van der Waals surface area contributed by atoms with Crippen LogP contribution in [0.1, 0.15) is 54.3 Å². The summed E-state index contributed by atoms with van der Waals surface area (Å²) in [6, 6.07) is 15.0. The Balaban J connectivity index is 1.64. The zero-order chi connectivity index (χ0) is 19.8. The number of hydrogen-bond donors (Lipinski definition) is 3. The van der Waals surface area contributed by atoms with Crippen molar-refractivity contribution in [2.45, 2.75) is 63.8 Å². The zero-order valence-corrected chi connectivity index (χ0v) is 17.9. The first-order valence-electron chi connectivity index (χ1n) is 9.68. The van der Waals surface area contributed by atoms with Gasteiger partial charge >= 0.3 is 7.60 Å². The molecule has 0 saturated carbocycles. The highest BCUT2D eigenvalue weighted by Crippen LogP contribution is 2.37. The Morgan fingerprint density at radius 1 is 0.926 bits per heavy atom. The standard InChI is InChI=1S/C21H32NO3PS/c1-21(22,16-17-26(23,24)25)15-14-20-13-12-19(27-20)11-7-3-6-10-18-8-4-2-5-9-18/h2,4-5,8-9,12-13H,3,6-7,10-11,14-17,22H2,1H3,(H2,23,24,25). The third kappa shape index (κ3) is 9.68. The van der Waals surface area contributed by atoms with Gasteiger partial charge in [0.25, 0.3) is 0 Å². The Morgan fingerprint density at radius 3 is 2.22 bits per heavy atom. The van der Waals surface area contributed by atoms with Crippen molar-refractivity contribution >= 4 is 18.9 Å². The molecule has 0 aliphatic carbocycles. The van der Waals surface area contributed by atoms with E-state index in [1.165, 1.54) is 34.6 Å². The Morgan fingerprint density at radius 2 is 1.56 bits per heavy atom. The molecule has 1 heterocycles. The van der Waals surface area contributed by atoms with Gasteiger partial charge in [-0.15, -0.1) is 11.3 Å². The Kier molecular flexibility index (Phi) is 8.71. The van der Waals surface area contributed by atoms with Crippen LogP contribution < -0.4 is 5.73 Å². The van der Waals surface area contributed by atoms with Gasteiger partial charge in [0.15, 0.2) is 0 Å². The van der Waals surface area contributed by atoms with Gasteiger partial charge in [0.2, 0.25) is 0 Å². The van der Waals surface area contributed by atoms with Crippen LogP contribution in [0, 0.1) is 0 Å². The summed E-state index contributed by atoms with van der Waals surface area (Å²) in [6.45, 7) is 1.88. The lowest BCUT2D eigenvalue weighted by atomic mass is 9.94. The second kappa shape index (κ2) is 10.5. The maximum atomic E-state index is 11.0. The molecule has 4 N–H and O–H groups in total. The third-order valence-electron chi connectivity index (χ3n) is 4.87. The van der Waals surface area contributed by atoms with Crippen LogP contribution in [0.25, 0.3) is 0 Å². The predicted molar refractivity (Wildman–Crippen MR) is 114 cm³/mol. The van der Waals surface area contributed by atoms with Crippen molar-refractivity contribution in [1.82, 2.24) is 0 Å². The number of nitrogens with two attached hydrogens (primary N) is 1. The normalized spacial score (nSPS) is 14.2. The fourth-order valence-corrected chi connectivity index (χ4v) is 4.94. The van der Waals surface area contributed by atoms with Gasteiger partial charge in [-0.05, 0) is 69.6 Å². The zero-order valence-electron chi connectivity index (χ0n) is 16.1. The first-order chi connectivity index (χ1) is 12.7. The SMILES string of the molecule is CC(N)(CCc1ccc(CCCCCc2ccccc2)s1)CCP(=O)(O)O. The molecule has 0 radical (unpaired) electrons. The fraction of sp³-hybridized carbons (Fsp3) is 0.524. The summed E-state index contributed by atoms with van der Waals surface area (Å²) >= 11 is 1.84. The number of rotatable bonds is 12. The van der Waals surface area contributed by atoms with Crippen LogP contribution in [-0.2, 0) is 23.8 Å². The molecule has 0 bridgehead atoms. The van der Waals surface area contributed by atoms with Gasteiger partial charge in [0.1, 0.15) is 0 Å². The second-order valence-electron chi connectivity index (χ2n) is 7.71. The van der Waals surface area contributed by atoms with Crippen LogP contribution in [0.15, 0.2) is 42.5 Å². The number of benzene rings is 1. The number of thiophene rings is 1. The molecule has 6 heteroatoms. The van der Waals surface area contributed by atoms with Gasteiger partial charge in [-0.2, -0.15) is 0 Å². The lowest BCUT2D eigenvalue weighted by molar-refractivity contribution is 0.354. The van der Waals surface area contributed by atoms with E-state index in [2.05, 4.69) is 42.5 Å². The first kappa shape index (κ1) is 22.3. The molecule has 150 valence electrons. The van der Waals surface area contributed by atoms with Crippen LogP contribution in [0.5, 0.6) is 0 Å². The van der Waals surface area contributed by atoms with Crippen molar-refractivity contribution in [2.24, 2.45) is 5.73 Å². The number of aryl methyl sites for hydroxylation is 3. The van der Waals surface area contributed by atoms with Crippen LogP contribution >= 0.6 is 18.9 Å². The lowest BCUT2D eigenvalue weighted by Crippen LogP contribution is -2.37. The van der Waals surface area contributed by atoms with Crippen molar-refractivity contribution in [2.75, 3.05) is 6.16 Å². The molecule has 0 aliphatic rings. The summed E-state index contributed by atoms with van der Waals surface area (Å²) in [5, 5.41) is 0. The highest BCUT2D eigenvalue weighted by Gasteiger charge is 2.23.